The average molecular weight is 390 g/mol. The second-order valence-corrected chi connectivity index (χ2v) is 7.43. The number of hydrogen-bond acceptors (Lipinski definition) is 3. The first kappa shape index (κ1) is 18.1. The van der Waals surface area contributed by atoms with E-state index in [1.807, 2.05) is 45.9 Å². The summed E-state index contributed by atoms with van der Waals surface area (Å²) in [5.41, 5.74) is 1.96. The SMILES string of the molecule is Cc1ccc(NC(=O)c2cc(C(=O)NC(C)(C)C)ccn2)c(Br)c1. The fourth-order valence-electron chi connectivity index (χ4n) is 2.02. The molecule has 2 N–H and O–H groups in total. The number of aromatic nitrogens is 1. The Morgan fingerprint density at radius 2 is 1.79 bits per heavy atom. The van der Waals surface area contributed by atoms with E-state index >= 15 is 0 Å². The van der Waals surface area contributed by atoms with Gasteiger partial charge in [-0.25, -0.2) is 0 Å². The van der Waals surface area contributed by atoms with Gasteiger partial charge in [0, 0.05) is 21.8 Å². The number of rotatable bonds is 3. The van der Waals surface area contributed by atoms with Gasteiger partial charge in [-0.05, 0) is 73.5 Å². The third-order valence-corrected chi connectivity index (χ3v) is 3.77. The second kappa shape index (κ2) is 7.13. The van der Waals surface area contributed by atoms with Gasteiger partial charge < -0.3 is 10.6 Å². The molecule has 0 aliphatic rings. The van der Waals surface area contributed by atoms with Crippen molar-refractivity contribution >= 4 is 33.4 Å². The summed E-state index contributed by atoms with van der Waals surface area (Å²) in [5, 5.41) is 5.65. The number of pyridine rings is 1. The van der Waals surface area contributed by atoms with Crippen molar-refractivity contribution in [1.82, 2.24) is 10.3 Å². The molecule has 0 bridgehead atoms. The van der Waals surface area contributed by atoms with Gasteiger partial charge in [0.15, 0.2) is 0 Å². The Morgan fingerprint density at radius 1 is 1.08 bits per heavy atom. The van der Waals surface area contributed by atoms with Crippen molar-refractivity contribution in [2.45, 2.75) is 33.2 Å². The van der Waals surface area contributed by atoms with Crippen LogP contribution in [0, 0.1) is 6.92 Å². The predicted molar refractivity (Wildman–Crippen MR) is 98.3 cm³/mol. The van der Waals surface area contributed by atoms with Gasteiger partial charge in [-0.15, -0.1) is 0 Å². The summed E-state index contributed by atoms with van der Waals surface area (Å²) >= 11 is 3.42. The van der Waals surface area contributed by atoms with Crippen LogP contribution in [-0.4, -0.2) is 22.3 Å². The van der Waals surface area contributed by atoms with Gasteiger partial charge in [-0.1, -0.05) is 6.07 Å². The molecule has 0 spiro atoms. The maximum Gasteiger partial charge on any atom is 0.274 e. The predicted octanol–water partition coefficient (Wildman–Crippen LogP) is 3.93. The topological polar surface area (TPSA) is 71.1 Å². The first-order valence-electron chi connectivity index (χ1n) is 7.52. The van der Waals surface area contributed by atoms with Crippen LogP contribution in [0.2, 0.25) is 0 Å². The normalized spacial score (nSPS) is 11.0. The molecule has 0 atom stereocenters. The molecule has 0 saturated heterocycles. The highest BCUT2D eigenvalue weighted by Crippen LogP contribution is 2.23. The largest absolute Gasteiger partial charge is 0.347 e. The molecule has 2 amide bonds. The summed E-state index contributed by atoms with van der Waals surface area (Å²) in [4.78, 5) is 28.6. The fourth-order valence-corrected chi connectivity index (χ4v) is 2.61. The van der Waals surface area contributed by atoms with E-state index in [0.717, 1.165) is 10.0 Å². The van der Waals surface area contributed by atoms with E-state index in [-0.39, 0.29) is 23.0 Å². The van der Waals surface area contributed by atoms with Crippen LogP contribution in [0.1, 0.15) is 47.2 Å². The number of benzene rings is 1. The minimum Gasteiger partial charge on any atom is -0.347 e. The lowest BCUT2D eigenvalue weighted by molar-refractivity contribution is 0.0919. The van der Waals surface area contributed by atoms with Crippen LogP contribution in [0.4, 0.5) is 5.69 Å². The summed E-state index contributed by atoms with van der Waals surface area (Å²) in [7, 11) is 0. The van der Waals surface area contributed by atoms with Crippen molar-refractivity contribution in [2.24, 2.45) is 0 Å². The molecule has 0 saturated carbocycles. The minimum atomic E-state index is -0.370. The molecule has 5 nitrogen and oxygen atoms in total. The van der Waals surface area contributed by atoms with Crippen LogP contribution in [0.5, 0.6) is 0 Å². The van der Waals surface area contributed by atoms with E-state index in [4.69, 9.17) is 0 Å². The van der Waals surface area contributed by atoms with Gasteiger partial charge in [-0.3, -0.25) is 14.6 Å². The molecule has 6 heteroatoms. The van der Waals surface area contributed by atoms with Crippen molar-refractivity contribution in [3.8, 4) is 0 Å². The van der Waals surface area contributed by atoms with E-state index < -0.39 is 0 Å². The monoisotopic (exact) mass is 389 g/mol. The molecule has 1 heterocycles. The minimum absolute atomic E-state index is 0.184. The van der Waals surface area contributed by atoms with Gasteiger partial charge in [0.2, 0.25) is 0 Å². The number of anilines is 1. The van der Waals surface area contributed by atoms with Crippen molar-refractivity contribution in [3.05, 3.63) is 57.8 Å². The lowest BCUT2D eigenvalue weighted by atomic mass is 10.1. The molecule has 0 fully saturated rings. The number of amides is 2. The molecule has 0 aliphatic carbocycles. The number of hydrogen-bond donors (Lipinski definition) is 2. The van der Waals surface area contributed by atoms with E-state index in [9.17, 15) is 9.59 Å². The number of carbonyl (C=O) groups excluding carboxylic acids is 2. The van der Waals surface area contributed by atoms with Crippen LogP contribution in [0.15, 0.2) is 41.0 Å². The first-order chi connectivity index (χ1) is 11.2. The highest BCUT2D eigenvalue weighted by Gasteiger charge is 2.17. The fraction of sp³-hybridized carbons (Fsp3) is 0.278. The summed E-state index contributed by atoms with van der Waals surface area (Å²) in [5.74, 6) is -0.611. The molecule has 2 rings (SSSR count). The molecular weight excluding hydrogens is 370 g/mol. The molecule has 0 aliphatic heterocycles. The van der Waals surface area contributed by atoms with E-state index in [2.05, 4.69) is 31.5 Å². The van der Waals surface area contributed by atoms with Gasteiger partial charge in [0.1, 0.15) is 5.69 Å². The van der Waals surface area contributed by atoms with Crippen LogP contribution in [0.25, 0.3) is 0 Å². The standard InChI is InChI=1S/C18H20BrN3O2/c1-11-5-6-14(13(19)9-11)21-17(24)15-10-12(7-8-20-15)16(23)22-18(2,3)4/h5-10H,1-4H3,(H,21,24)(H,22,23). The van der Waals surface area contributed by atoms with Crippen LogP contribution in [0.3, 0.4) is 0 Å². The highest BCUT2D eigenvalue weighted by molar-refractivity contribution is 9.10. The third-order valence-electron chi connectivity index (χ3n) is 3.12. The molecule has 0 radical (unpaired) electrons. The third kappa shape index (κ3) is 4.89. The zero-order valence-electron chi connectivity index (χ0n) is 14.1. The molecule has 2 aromatic rings. The second-order valence-electron chi connectivity index (χ2n) is 6.57. The maximum atomic E-state index is 12.4. The van der Waals surface area contributed by atoms with Gasteiger partial charge >= 0.3 is 0 Å². The quantitative estimate of drug-likeness (QED) is 0.834. The Balaban J connectivity index is 2.18. The number of halogens is 1. The number of carbonyl (C=O) groups is 2. The van der Waals surface area contributed by atoms with Gasteiger partial charge in [0.05, 0.1) is 5.69 Å². The zero-order valence-corrected chi connectivity index (χ0v) is 15.7. The van der Waals surface area contributed by atoms with Crippen LogP contribution < -0.4 is 10.6 Å². The van der Waals surface area contributed by atoms with E-state index in [0.29, 0.717) is 11.3 Å². The molecule has 1 aromatic heterocycles. The van der Waals surface area contributed by atoms with Gasteiger partial charge in [-0.2, -0.15) is 0 Å². The van der Waals surface area contributed by atoms with Crippen molar-refractivity contribution in [3.63, 3.8) is 0 Å². The van der Waals surface area contributed by atoms with Crippen LogP contribution in [-0.2, 0) is 0 Å². The Kier molecular flexibility index (Phi) is 5.39. The molecular formula is C18H20BrN3O2. The lowest BCUT2D eigenvalue weighted by Crippen LogP contribution is -2.40. The smallest absolute Gasteiger partial charge is 0.274 e. The maximum absolute atomic E-state index is 12.4. The van der Waals surface area contributed by atoms with E-state index in [1.54, 1.807) is 6.07 Å². The number of nitrogens with one attached hydrogen (secondary N) is 2. The lowest BCUT2D eigenvalue weighted by Gasteiger charge is -2.20. The summed E-state index contributed by atoms with van der Waals surface area (Å²) in [6, 6.07) is 8.70. The van der Waals surface area contributed by atoms with E-state index in [1.165, 1.54) is 12.3 Å². The summed E-state index contributed by atoms with van der Waals surface area (Å²) in [6.45, 7) is 7.66. The van der Waals surface area contributed by atoms with Crippen LogP contribution >= 0.6 is 15.9 Å². The number of aryl methyl sites for hydroxylation is 1. The molecule has 1 aromatic carbocycles. The Morgan fingerprint density at radius 3 is 2.42 bits per heavy atom. The van der Waals surface area contributed by atoms with Crippen molar-refractivity contribution in [1.29, 1.82) is 0 Å². The molecule has 0 unspecified atom stereocenters. The Bertz CT molecular complexity index is 782. The Labute approximate surface area is 150 Å². The Hall–Kier alpha value is -2.21. The van der Waals surface area contributed by atoms with Crippen molar-refractivity contribution in [2.75, 3.05) is 5.32 Å². The molecule has 24 heavy (non-hydrogen) atoms. The summed E-state index contributed by atoms with van der Waals surface area (Å²) in [6.07, 6.45) is 1.46. The first-order valence-corrected chi connectivity index (χ1v) is 8.31. The average Bonchev–Trinajstić information content (AvgIpc) is 2.48. The molecule has 126 valence electrons. The number of nitrogens with zero attached hydrogens (tertiary/aromatic N) is 1. The zero-order chi connectivity index (χ0) is 17.9. The van der Waals surface area contributed by atoms with Crippen molar-refractivity contribution < 1.29 is 9.59 Å². The van der Waals surface area contributed by atoms with Gasteiger partial charge in [0.25, 0.3) is 11.8 Å². The summed E-state index contributed by atoms with van der Waals surface area (Å²) < 4.78 is 0.789. The highest BCUT2D eigenvalue weighted by atomic mass is 79.9.